The van der Waals surface area contributed by atoms with Crippen molar-refractivity contribution in [2.24, 2.45) is 5.73 Å². The predicted molar refractivity (Wildman–Crippen MR) is 115 cm³/mol. The van der Waals surface area contributed by atoms with E-state index in [9.17, 15) is 15.0 Å². The van der Waals surface area contributed by atoms with Crippen molar-refractivity contribution < 1.29 is 19.7 Å². The van der Waals surface area contributed by atoms with Crippen molar-refractivity contribution in [3.63, 3.8) is 0 Å². The molecule has 2 aromatic rings. The molecule has 0 saturated carbocycles. The molecule has 1 aliphatic rings. The first-order valence-corrected chi connectivity index (χ1v) is 11.0. The minimum atomic E-state index is -1.35. The molecular weight excluding hydrogens is 402 g/mol. The zero-order chi connectivity index (χ0) is 22.2. The molecule has 0 aromatic carbocycles. The molecule has 0 radical (unpaired) electrons. The van der Waals surface area contributed by atoms with Gasteiger partial charge in [-0.3, -0.25) is 9.36 Å². The summed E-state index contributed by atoms with van der Waals surface area (Å²) in [5.41, 5.74) is 6.50. The third-order valence-corrected chi connectivity index (χ3v) is 5.40. The summed E-state index contributed by atoms with van der Waals surface area (Å²) in [4.78, 5) is 25.0. The summed E-state index contributed by atoms with van der Waals surface area (Å²) >= 11 is 0. The van der Waals surface area contributed by atoms with Crippen LogP contribution in [0.25, 0.3) is 11.2 Å². The number of imidazole rings is 1. The number of anilines is 1. The average molecular weight is 436 g/mol. The fourth-order valence-corrected chi connectivity index (χ4v) is 3.73. The number of unbranched alkanes of at least 4 members (excludes halogenated alkanes) is 5. The van der Waals surface area contributed by atoms with Crippen LogP contribution in [0.4, 0.5) is 5.82 Å². The standard InChI is InChI=1S/C20H33N7O4/c1-2-22-19(30)16-14(28)15(29)20(31-16)27-12-26-13-17(24-11-25-18(13)27)23-10-8-6-4-3-5-7-9-21/h11-12,14-16,20,28-29H,2-10,21H2,1H3,(H,22,30)(H,23,24,25)/t14-,15+,16-,20+/m0/s1. The molecule has 31 heavy (non-hydrogen) atoms. The Kier molecular flexibility index (Phi) is 8.52. The van der Waals surface area contributed by atoms with Gasteiger partial charge in [0.1, 0.15) is 18.5 Å². The number of carbonyl (C=O) groups is 1. The number of nitrogens with one attached hydrogen (secondary N) is 2. The molecule has 1 amide bonds. The monoisotopic (exact) mass is 435 g/mol. The number of aliphatic hydroxyl groups is 2. The lowest BCUT2D eigenvalue weighted by atomic mass is 10.1. The van der Waals surface area contributed by atoms with Crippen molar-refractivity contribution >= 4 is 22.9 Å². The number of amides is 1. The molecule has 1 aliphatic heterocycles. The van der Waals surface area contributed by atoms with Crippen molar-refractivity contribution in [1.29, 1.82) is 0 Å². The van der Waals surface area contributed by atoms with E-state index in [1.165, 1.54) is 36.5 Å². The SMILES string of the molecule is CCNC(=O)[C@H]1O[C@@H](n2cnc3c(NCCCCCCCCN)ncnc32)[C@H](O)[C@@H]1O. The molecule has 6 N–H and O–H groups in total. The number of fused-ring (bicyclic) bond motifs is 1. The molecule has 4 atom stereocenters. The summed E-state index contributed by atoms with van der Waals surface area (Å²) in [5, 5.41) is 26.6. The van der Waals surface area contributed by atoms with Crippen molar-refractivity contribution in [2.75, 3.05) is 25.0 Å². The molecule has 3 heterocycles. The second-order valence-electron chi connectivity index (χ2n) is 7.71. The number of rotatable bonds is 12. The number of hydrogen-bond donors (Lipinski definition) is 5. The Bertz CT molecular complexity index is 846. The van der Waals surface area contributed by atoms with Gasteiger partial charge in [-0.1, -0.05) is 25.7 Å². The van der Waals surface area contributed by atoms with Gasteiger partial charge in [-0.2, -0.15) is 0 Å². The molecule has 1 saturated heterocycles. The van der Waals surface area contributed by atoms with E-state index < -0.39 is 30.4 Å². The van der Waals surface area contributed by atoms with E-state index in [4.69, 9.17) is 10.5 Å². The Balaban J connectivity index is 1.62. The summed E-state index contributed by atoms with van der Waals surface area (Å²) in [6.45, 7) is 3.68. The number of nitrogens with two attached hydrogens (primary N) is 1. The highest BCUT2D eigenvalue weighted by Gasteiger charge is 2.47. The normalized spacial score (nSPS) is 23.4. The largest absolute Gasteiger partial charge is 0.387 e. The van der Waals surface area contributed by atoms with Crippen LogP contribution in [0.3, 0.4) is 0 Å². The fraction of sp³-hybridized carbons (Fsp3) is 0.700. The summed E-state index contributed by atoms with van der Waals surface area (Å²) < 4.78 is 7.19. The van der Waals surface area contributed by atoms with Crippen LogP contribution in [0.1, 0.15) is 51.7 Å². The van der Waals surface area contributed by atoms with E-state index in [-0.39, 0.29) is 0 Å². The summed E-state index contributed by atoms with van der Waals surface area (Å²) in [6.07, 6.45) is 4.88. The number of aliphatic hydroxyl groups excluding tert-OH is 2. The van der Waals surface area contributed by atoms with Crippen molar-refractivity contribution in [2.45, 2.75) is 70.0 Å². The molecular formula is C20H33N7O4. The number of aromatic nitrogens is 4. The molecule has 0 spiro atoms. The maximum Gasteiger partial charge on any atom is 0.252 e. The quantitative estimate of drug-likeness (QED) is 0.295. The molecule has 3 rings (SSSR count). The highest BCUT2D eigenvalue weighted by molar-refractivity contribution is 5.83. The van der Waals surface area contributed by atoms with Crippen LogP contribution in [0.5, 0.6) is 0 Å². The van der Waals surface area contributed by atoms with Crippen LogP contribution in [0, 0.1) is 0 Å². The first-order chi connectivity index (χ1) is 15.1. The number of nitrogens with zero attached hydrogens (tertiary/aromatic N) is 4. The Morgan fingerprint density at radius 2 is 1.87 bits per heavy atom. The molecule has 172 valence electrons. The van der Waals surface area contributed by atoms with Crippen LogP contribution in [-0.4, -0.2) is 73.6 Å². The molecule has 2 aromatic heterocycles. The van der Waals surface area contributed by atoms with Crippen LogP contribution in [0.15, 0.2) is 12.7 Å². The van der Waals surface area contributed by atoms with Gasteiger partial charge < -0.3 is 31.3 Å². The highest BCUT2D eigenvalue weighted by atomic mass is 16.6. The Hall–Kier alpha value is -2.34. The van der Waals surface area contributed by atoms with Crippen LogP contribution in [0.2, 0.25) is 0 Å². The number of ether oxygens (including phenoxy) is 1. The van der Waals surface area contributed by atoms with E-state index in [0.717, 1.165) is 32.4 Å². The average Bonchev–Trinajstić information content (AvgIpc) is 3.32. The molecule has 0 bridgehead atoms. The lowest BCUT2D eigenvalue weighted by Gasteiger charge is -2.16. The van der Waals surface area contributed by atoms with Crippen molar-refractivity contribution in [1.82, 2.24) is 24.8 Å². The topological polar surface area (TPSA) is 160 Å². The molecule has 11 heteroatoms. The van der Waals surface area contributed by atoms with Gasteiger partial charge in [0.25, 0.3) is 5.91 Å². The Morgan fingerprint density at radius 1 is 1.13 bits per heavy atom. The summed E-state index contributed by atoms with van der Waals surface area (Å²) in [6, 6.07) is 0. The van der Waals surface area contributed by atoms with Gasteiger partial charge >= 0.3 is 0 Å². The second-order valence-corrected chi connectivity index (χ2v) is 7.71. The number of carbonyl (C=O) groups excluding carboxylic acids is 1. The van der Waals surface area contributed by atoms with E-state index >= 15 is 0 Å². The number of likely N-dealkylation sites (N-methyl/N-ethyl adjacent to an activating group) is 1. The molecule has 0 aliphatic carbocycles. The maximum absolute atomic E-state index is 12.1. The van der Waals surface area contributed by atoms with E-state index in [0.29, 0.717) is 23.5 Å². The van der Waals surface area contributed by atoms with Gasteiger partial charge in [-0.15, -0.1) is 0 Å². The summed E-state index contributed by atoms with van der Waals surface area (Å²) in [5.74, 6) is 0.126. The van der Waals surface area contributed by atoms with Gasteiger partial charge in [-0.25, -0.2) is 15.0 Å². The van der Waals surface area contributed by atoms with Gasteiger partial charge in [0.2, 0.25) is 0 Å². The lowest BCUT2D eigenvalue weighted by Crippen LogP contribution is -2.42. The molecule has 11 nitrogen and oxygen atoms in total. The van der Waals surface area contributed by atoms with E-state index in [1.807, 2.05) is 0 Å². The van der Waals surface area contributed by atoms with Gasteiger partial charge in [0.15, 0.2) is 29.3 Å². The first kappa shape index (κ1) is 23.3. The van der Waals surface area contributed by atoms with Gasteiger partial charge in [0, 0.05) is 13.1 Å². The molecule has 0 unspecified atom stereocenters. The maximum atomic E-state index is 12.1. The van der Waals surface area contributed by atoms with Gasteiger partial charge in [0.05, 0.1) is 6.33 Å². The second kappa shape index (κ2) is 11.3. The number of hydrogen-bond acceptors (Lipinski definition) is 9. The van der Waals surface area contributed by atoms with Crippen LogP contribution in [-0.2, 0) is 9.53 Å². The van der Waals surface area contributed by atoms with Crippen molar-refractivity contribution in [3.8, 4) is 0 Å². The van der Waals surface area contributed by atoms with Crippen molar-refractivity contribution in [3.05, 3.63) is 12.7 Å². The van der Waals surface area contributed by atoms with E-state index in [1.54, 1.807) is 6.92 Å². The van der Waals surface area contributed by atoms with Gasteiger partial charge in [-0.05, 0) is 26.3 Å². The zero-order valence-corrected chi connectivity index (χ0v) is 17.9. The Morgan fingerprint density at radius 3 is 2.61 bits per heavy atom. The highest BCUT2D eigenvalue weighted by Crippen LogP contribution is 2.32. The van der Waals surface area contributed by atoms with Crippen LogP contribution >= 0.6 is 0 Å². The minimum absolute atomic E-state index is 0.399. The minimum Gasteiger partial charge on any atom is -0.387 e. The lowest BCUT2D eigenvalue weighted by molar-refractivity contribution is -0.137. The Labute approximate surface area is 181 Å². The third kappa shape index (κ3) is 5.48. The predicted octanol–water partition coefficient (Wildman–Crippen LogP) is 0.293. The first-order valence-electron chi connectivity index (χ1n) is 11.0. The van der Waals surface area contributed by atoms with E-state index in [2.05, 4.69) is 25.6 Å². The fourth-order valence-electron chi connectivity index (χ4n) is 3.73. The smallest absolute Gasteiger partial charge is 0.252 e. The third-order valence-electron chi connectivity index (χ3n) is 5.40. The summed E-state index contributed by atoms with van der Waals surface area (Å²) in [7, 11) is 0. The zero-order valence-electron chi connectivity index (χ0n) is 17.9. The van der Waals surface area contributed by atoms with Crippen LogP contribution < -0.4 is 16.4 Å². The molecule has 1 fully saturated rings.